The number of nitro groups is 1. The van der Waals surface area contributed by atoms with Crippen molar-refractivity contribution in [2.75, 3.05) is 6.61 Å². The first-order valence-corrected chi connectivity index (χ1v) is 7.46. The Hall–Kier alpha value is -3.22. The van der Waals surface area contributed by atoms with Gasteiger partial charge in [-0.25, -0.2) is 9.18 Å². The number of carbonyl (C=O) groups is 1. The quantitative estimate of drug-likeness (QED) is 0.369. The van der Waals surface area contributed by atoms with Crippen LogP contribution in [0, 0.1) is 22.9 Å². The first-order valence-electron chi connectivity index (χ1n) is 7.46. The highest BCUT2D eigenvalue weighted by molar-refractivity contribution is 6.20. The molecule has 6 nitrogen and oxygen atoms in total. The standard InChI is InChI=1S/C18H16FNO5/c1-3-25-17-7-5-12(9-16(17)20(23)24)8-14(18(21)22)13-6-4-11(2)15(19)10-13/h4-10H,3H2,1-2H3,(H,21,22)/b14-8-. The molecule has 0 unspecified atom stereocenters. The molecule has 25 heavy (non-hydrogen) atoms. The van der Waals surface area contributed by atoms with Crippen LogP contribution < -0.4 is 4.74 Å². The molecular formula is C18H16FNO5. The fourth-order valence-electron chi connectivity index (χ4n) is 2.24. The minimum Gasteiger partial charge on any atom is -0.487 e. The van der Waals surface area contributed by atoms with E-state index in [1.54, 1.807) is 13.8 Å². The third-order valence-electron chi connectivity index (χ3n) is 3.50. The third-order valence-corrected chi connectivity index (χ3v) is 3.50. The summed E-state index contributed by atoms with van der Waals surface area (Å²) in [6, 6.07) is 8.22. The van der Waals surface area contributed by atoms with E-state index in [0.29, 0.717) is 11.1 Å². The highest BCUT2D eigenvalue weighted by Gasteiger charge is 2.17. The summed E-state index contributed by atoms with van der Waals surface area (Å²) in [5, 5.41) is 20.6. The van der Waals surface area contributed by atoms with Crippen LogP contribution >= 0.6 is 0 Å². The van der Waals surface area contributed by atoms with Crippen molar-refractivity contribution in [3.05, 3.63) is 69.0 Å². The molecule has 0 bridgehead atoms. The zero-order chi connectivity index (χ0) is 18.6. The lowest BCUT2D eigenvalue weighted by Gasteiger charge is -2.07. The van der Waals surface area contributed by atoms with Gasteiger partial charge in [-0.2, -0.15) is 0 Å². The molecule has 0 spiro atoms. The second kappa shape index (κ2) is 7.57. The summed E-state index contributed by atoms with van der Waals surface area (Å²) < 4.78 is 18.9. The summed E-state index contributed by atoms with van der Waals surface area (Å²) >= 11 is 0. The Labute approximate surface area is 143 Å². The summed E-state index contributed by atoms with van der Waals surface area (Å²) in [6.07, 6.45) is 1.26. The smallest absolute Gasteiger partial charge is 0.336 e. The van der Waals surface area contributed by atoms with Crippen LogP contribution in [-0.4, -0.2) is 22.6 Å². The minimum atomic E-state index is -1.26. The third kappa shape index (κ3) is 4.20. The second-order valence-electron chi connectivity index (χ2n) is 5.24. The Morgan fingerprint density at radius 1 is 1.32 bits per heavy atom. The monoisotopic (exact) mass is 345 g/mol. The first kappa shape index (κ1) is 18.1. The zero-order valence-corrected chi connectivity index (χ0v) is 13.7. The van der Waals surface area contributed by atoms with Crippen LogP contribution in [0.3, 0.4) is 0 Å². The Morgan fingerprint density at radius 2 is 2.04 bits per heavy atom. The van der Waals surface area contributed by atoms with Gasteiger partial charge < -0.3 is 9.84 Å². The minimum absolute atomic E-state index is 0.0999. The molecule has 1 N–H and O–H groups in total. The van der Waals surface area contributed by atoms with Gasteiger partial charge in [0, 0.05) is 6.07 Å². The van der Waals surface area contributed by atoms with Crippen molar-refractivity contribution in [1.29, 1.82) is 0 Å². The highest BCUT2D eigenvalue weighted by atomic mass is 19.1. The van der Waals surface area contributed by atoms with E-state index in [1.807, 2.05) is 0 Å². The predicted molar refractivity (Wildman–Crippen MR) is 90.9 cm³/mol. The van der Waals surface area contributed by atoms with E-state index in [0.717, 1.165) is 6.07 Å². The van der Waals surface area contributed by atoms with Gasteiger partial charge in [0.15, 0.2) is 5.75 Å². The molecule has 0 amide bonds. The second-order valence-corrected chi connectivity index (χ2v) is 5.24. The normalized spacial score (nSPS) is 11.2. The van der Waals surface area contributed by atoms with Gasteiger partial charge in [0.1, 0.15) is 5.82 Å². The molecule has 0 aliphatic carbocycles. The molecule has 2 rings (SSSR count). The summed E-state index contributed by atoms with van der Waals surface area (Å²) in [5.74, 6) is -1.69. The molecular weight excluding hydrogens is 329 g/mol. The molecule has 0 fully saturated rings. The van der Waals surface area contributed by atoms with E-state index in [4.69, 9.17) is 4.74 Å². The van der Waals surface area contributed by atoms with Gasteiger partial charge in [0.05, 0.1) is 17.1 Å². The number of hydrogen-bond donors (Lipinski definition) is 1. The molecule has 130 valence electrons. The van der Waals surface area contributed by atoms with Crippen molar-refractivity contribution >= 4 is 23.3 Å². The summed E-state index contributed by atoms with van der Waals surface area (Å²) in [4.78, 5) is 22.1. The van der Waals surface area contributed by atoms with Crippen LogP contribution in [0.4, 0.5) is 10.1 Å². The fraction of sp³-hybridized carbons (Fsp3) is 0.167. The average Bonchev–Trinajstić information content (AvgIpc) is 2.56. The van der Waals surface area contributed by atoms with Crippen LogP contribution in [0.1, 0.15) is 23.6 Å². The van der Waals surface area contributed by atoms with E-state index < -0.39 is 16.7 Å². The highest BCUT2D eigenvalue weighted by Crippen LogP contribution is 2.30. The maximum Gasteiger partial charge on any atom is 0.336 e. The van der Waals surface area contributed by atoms with Gasteiger partial charge >= 0.3 is 11.7 Å². The lowest BCUT2D eigenvalue weighted by atomic mass is 10.0. The number of ether oxygens (including phenoxy) is 1. The largest absolute Gasteiger partial charge is 0.487 e. The van der Waals surface area contributed by atoms with Gasteiger partial charge in [0.2, 0.25) is 0 Å². The molecule has 0 aromatic heterocycles. The number of halogens is 1. The maximum absolute atomic E-state index is 13.7. The Morgan fingerprint density at radius 3 is 2.60 bits per heavy atom. The Bertz CT molecular complexity index is 861. The SMILES string of the molecule is CCOc1ccc(/C=C(\C(=O)O)c2ccc(C)c(F)c2)cc1[N+](=O)[O-]. The van der Waals surface area contributed by atoms with Crippen molar-refractivity contribution in [3.63, 3.8) is 0 Å². The number of benzene rings is 2. The molecule has 0 saturated heterocycles. The van der Waals surface area contributed by atoms with E-state index in [2.05, 4.69) is 0 Å². The maximum atomic E-state index is 13.7. The van der Waals surface area contributed by atoms with Crippen LogP contribution in [0.5, 0.6) is 5.75 Å². The number of carboxylic acid groups (broad SMARTS) is 1. The number of nitrogens with zero attached hydrogens (tertiary/aromatic N) is 1. The summed E-state index contributed by atoms with van der Waals surface area (Å²) in [5.41, 5.74) is 0.429. The Kier molecular flexibility index (Phi) is 5.49. The van der Waals surface area contributed by atoms with Gasteiger partial charge in [0.25, 0.3) is 0 Å². The van der Waals surface area contributed by atoms with Gasteiger partial charge in [-0.1, -0.05) is 18.2 Å². The number of hydrogen-bond acceptors (Lipinski definition) is 4. The molecule has 7 heteroatoms. The van der Waals surface area contributed by atoms with Crippen molar-refractivity contribution in [3.8, 4) is 5.75 Å². The van der Waals surface area contributed by atoms with E-state index >= 15 is 0 Å². The van der Waals surface area contributed by atoms with Crippen molar-refractivity contribution in [2.45, 2.75) is 13.8 Å². The van der Waals surface area contributed by atoms with E-state index in [-0.39, 0.29) is 29.2 Å². The molecule has 0 heterocycles. The molecule has 0 saturated carbocycles. The van der Waals surface area contributed by atoms with Crippen LogP contribution in [0.15, 0.2) is 36.4 Å². The Balaban J connectivity index is 2.53. The van der Waals surface area contributed by atoms with Gasteiger partial charge in [-0.3, -0.25) is 10.1 Å². The molecule has 0 radical (unpaired) electrons. The summed E-state index contributed by atoms with van der Waals surface area (Å²) in [7, 11) is 0. The fourth-order valence-corrected chi connectivity index (χ4v) is 2.24. The van der Waals surface area contributed by atoms with Gasteiger partial charge in [-0.15, -0.1) is 0 Å². The molecule has 2 aromatic carbocycles. The number of aliphatic carboxylic acids is 1. The van der Waals surface area contributed by atoms with Crippen LogP contribution in [-0.2, 0) is 4.79 Å². The molecule has 2 aromatic rings. The lowest BCUT2D eigenvalue weighted by Crippen LogP contribution is -2.01. The number of carboxylic acids is 1. The lowest BCUT2D eigenvalue weighted by molar-refractivity contribution is -0.385. The number of aryl methyl sites for hydroxylation is 1. The average molecular weight is 345 g/mol. The van der Waals surface area contributed by atoms with Crippen LogP contribution in [0.2, 0.25) is 0 Å². The first-order chi connectivity index (χ1) is 11.8. The van der Waals surface area contributed by atoms with Gasteiger partial charge in [-0.05, 0) is 48.7 Å². The molecule has 0 aliphatic heterocycles. The zero-order valence-electron chi connectivity index (χ0n) is 13.7. The van der Waals surface area contributed by atoms with E-state index in [9.17, 15) is 24.4 Å². The van der Waals surface area contributed by atoms with Crippen molar-refractivity contribution in [2.24, 2.45) is 0 Å². The number of nitro benzene ring substituents is 1. The van der Waals surface area contributed by atoms with Crippen molar-refractivity contribution < 1.29 is 24.0 Å². The topological polar surface area (TPSA) is 89.7 Å². The number of rotatable bonds is 6. The summed E-state index contributed by atoms with van der Waals surface area (Å²) in [6.45, 7) is 3.53. The van der Waals surface area contributed by atoms with E-state index in [1.165, 1.54) is 36.4 Å². The predicted octanol–water partition coefficient (Wildman–Crippen LogP) is 4.07. The molecule has 0 aliphatic rings. The molecule has 0 atom stereocenters. The van der Waals surface area contributed by atoms with Crippen LogP contribution in [0.25, 0.3) is 11.6 Å². The van der Waals surface area contributed by atoms with Crippen molar-refractivity contribution in [1.82, 2.24) is 0 Å².